The Morgan fingerprint density at radius 1 is 1.33 bits per heavy atom. The van der Waals surface area contributed by atoms with Gasteiger partial charge in [0.2, 0.25) is 0 Å². The zero-order valence-electron chi connectivity index (χ0n) is 12.1. The average molecular weight is 258 g/mol. The maximum atomic E-state index is 12.1. The largest absolute Gasteiger partial charge is 0.481 e. The van der Waals surface area contributed by atoms with Crippen LogP contribution in [0.2, 0.25) is 0 Å². The highest BCUT2D eigenvalue weighted by molar-refractivity contribution is 5.76. The first-order chi connectivity index (χ1) is 8.18. The fraction of sp³-hybridized carbons (Fsp3) is 0.846. The summed E-state index contributed by atoms with van der Waals surface area (Å²) in [4.78, 5) is 24.3. The Kier molecular flexibility index (Phi) is 6.73. The van der Waals surface area contributed by atoms with Crippen molar-refractivity contribution >= 4 is 12.0 Å². The Bertz CT molecular complexity index is 284. The van der Waals surface area contributed by atoms with Crippen molar-refractivity contribution in [2.45, 2.75) is 65.5 Å². The summed E-state index contributed by atoms with van der Waals surface area (Å²) in [7, 11) is 0. The Morgan fingerprint density at radius 2 is 1.89 bits per heavy atom. The van der Waals surface area contributed by atoms with E-state index in [0.717, 1.165) is 12.8 Å². The molecule has 1 unspecified atom stereocenters. The summed E-state index contributed by atoms with van der Waals surface area (Å²) in [6, 6.07) is -0.0816. The van der Waals surface area contributed by atoms with E-state index in [4.69, 9.17) is 5.11 Å². The maximum Gasteiger partial charge on any atom is 0.318 e. The molecule has 0 aromatic heterocycles. The molecule has 0 spiro atoms. The lowest BCUT2D eigenvalue weighted by Gasteiger charge is -2.36. The smallest absolute Gasteiger partial charge is 0.318 e. The van der Waals surface area contributed by atoms with Crippen molar-refractivity contribution in [3.8, 4) is 0 Å². The Labute approximate surface area is 110 Å². The van der Waals surface area contributed by atoms with E-state index in [9.17, 15) is 9.59 Å². The van der Waals surface area contributed by atoms with Gasteiger partial charge in [0.15, 0.2) is 0 Å². The first kappa shape index (κ1) is 16.7. The summed E-state index contributed by atoms with van der Waals surface area (Å²) in [6.45, 7) is 9.95. The molecule has 0 aliphatic heterocycles. The minimum absolute atomic E-state index is 0.0349. The first-order valence-corrected chi connectivity index (χ1v) is 6.48. The summed E-state index contributed by atoms with van der Waals surface area (Å²) in [5.41, 5.74) is -0.383. The molecule has 1 atom stereocenters. The van der Waals surface area contributed by atoms with Gasteiger partial charge in [-0.05, 0) is 34.1 Å². The van der Waals surface area contributed by atoms with Crippen molar-refractivity contribution in [3.05, 3.63) is 0 Å². The predicted octanol–water partition coefficient (Wildman–Crippen LogP) is 2.46. The summed E-state index contributed by atoms with van der Waals surface area (Å²) in [5.74, 6) is -0.890. The van der Waals surface area contributed by atoms with Crippen molar-refractivity contribution in [2.75, 3.05) is 6.54 Å². The van der Waals surface area contributed by atoms with Crippen molar-refractivity contribution in [1.82, 2.24) is 10.2 Å². The maximum absolute atomic E-state index is 12.1. The van der Waals surface area contributed by atoms with Gasteiger partial charge in [-0.15, -0.1) is 0 Å². The van der Waals surface area contributed by atoms with Crippen LogP contribution in [0.15, 0.2) is 0 Å². The number of nitrogens with one attached hydrogen (secondary N) is 1. The number of amides is 2. The fourth-order valence-corrected chi connectivity index (χ4v) is 1.74. The molecule has 0 aliphatic rings. The van der Waals surface area contributed by atoms with E-state index in [-0.39, 0.29) is 30.6 Å². The van der Waals surface area contributed by atoms with E-state index in [2.05, 4.69) is 12.2 Å². The number of carbonyl (C=O) groups is 2. The number of aliphatic carboxylic acids is 1. The van der Waals surface area contributed by atoms with Crippen LogP contribution in [0.3, 0.4) is 0 Å². The van der Waals surface area contributed by atoms with Crippen LogP contribution in [0.1, 0.15) is 53.9 Å². The minimum Gasteiger partial charge on any atom is -0.481 e. The van der Waals surface area contributed by atoms with Crippen LogP contribution in [0.25, 0.3) is 0 Å². The molecular weight excluding hydrogens is 232 g/mol. The van der Waals surface area contributed by atoms with Gasteiger partial charge in [0.05, 0.1) is 6.42 Å². The highest BCUT2D eigenvalue weighted by atomic mass is 16.4. The Morgan fingerprint density at radius 3 is 2.28 bits per heavy atom. The van der Waals surface area contributed by atoms with Gasteiger partial charge in [0.25, 0.3) is 0 Å². The molecule has 0 bridgehead atoms. The molecule has 0 aliphatic carbocycles. The summed E-state index contributed by atoms with van der Waals surface area (Å²) < 4.78 is 0. The van der Waals surface area contributed by atoms with Gasteiger partial charge in [-0.3, -0.25) is 4.79 Å². The zero-order chi connectivity index (χ0) is 14.3. The molecular formula is C13H26N2O3. The molecule has 2 N–H and O–H groups in total. The molecule has 18 heavy (non-hydrogen) atoms. The highest BCUT2D eigenvalue weighted by Gasteiger charge is 2.27. The highest BCUT2D eigenvalue weighted by Crippen LogP contribution is 2.14. The molecule has 5 heteroatoms. The average Bonchev–Trinajstić information content (AvgIpc) is 2.14. The molecule has 0 saturated carbocycles. The lowest BCUT2D eigenvalue weighted by Crippen LogP contribution is -2.52. The molecule has 106 valence electrons. The minimum atomic E-state index is -0.890. The molecule has 0 aromatic rings. The molecule has 0 fully saturated rings. The normalized spacial score (nSPS) is 12.9. The molecule has 0 radical (unpaired) electrons. The standard InChI is InChI=1S/C13H26N2O3/c1-6-7-10(2)14-12(18)15(13(3,4)5)9-8-11(16)17/h10H,6-9H2,1-5H3,(H,14,18)(H,16,17). The lowest BCUT2D eigenvalue weighted by atomic mass is 10.1. The second-order valence-corrected chi connectivity index (χ2v) is 5.61. The number of carboxylic acid groups (broad SMARTS) is 1. The number of carboxylic acids is 1. The predicted molar refractivity (Wildman–Crippen MR) is 71.6 cm³/mol. The molecule has 0 heterocycles. The molecule has 0 aromatic carbocycles. The Balaban J connectivity index is 4.55. The van der Waals surface area contributed by atoms with E-state index in [1.54, 1.807) is 4.90 Å². The van der Waals surface area contributed by atoms with Gasteiger partial charge in [0.1, 0.15) is 0 Å². The molecule has 2 amide bonds. The first-order valence-electron chi connectivity index (χ1n) is 6.48. The van der Waals surface area contributed by atoms with Gasteiger partial charge >= 0.3 is 12.0 Å². The molecule has 5 nitrogen and oxygen atoms in total. The summed E-state index contributed by atoms with van der Waals surface area (Å²) >= 11 is 0. The van der Waals surface area contributed by atoms with Gasteiger partial charge in [-0.1, -0.05) is 13.3 Å². The van der Waals surface area contributed by atoms with E-state index in [1.807, 2.05) is 27.7 Å². The summed E-state index contributed by atoms with van der Waals surface area (Å²) in [5, 5.41) is 11.6. The van der Waals surface area contributed by atoms with Gasteiger partial charge in [-0.2, -0.15) is 0 Å². The van der Waals surface area contributed by atoms with E-state index in [0.29, 0.717) is 0 Å². The third-order valence-electron chi connectivity index (χ3n) is 2.70. The van der Waals surface area contributed by atoms with Crippen LogP contribution in [0, 0.1) is 0 Å². The lowest BCUT2D eigenvalue weighted by molar-refractivity contribution is -0.137. The van der Waals surface area contributed by atoms with Crippen molar-refractivity contribution < 1.29 is 14.7 Å². The van der Waals surface area contributed by atoms with Crippen LogP contribution >= 0.6 is 0 Å². The van der Waals surface area contributed by atoms with Crippen LogP contribution in [0.5, 0.6) is 0 Å². The van der Waals surface area contributed by atoms with Crippen LogP contribution in [0.4, 0.5) is 4.79 Å². The number of hydrogen-bond acceptors (Lipinski definition) is 2. The monoisotopic (exact) mass is 258 g/mol. The number of rotatable bonds is 6. The summed E-state index contributed by atoms with van der Waals surface area (Å²) in [6.07, 6.45) is 1.89. The van der Waals surface area contributed by atoms with Crippen LogP contribution in [-0.4, -0.2) is 40.1 Å². The number of hydrogen-bond donors (Lipinski definition) is 2. The van der Waals surface area contributed by atoms with Crippen molar-refractivity contribution in [3.63, 3.8) is 0 Å². The second-order valence-electron chi connectivity index (χ2n) is 5.61. The van der Waals surface area contributed by atoms with E-state index >= 15 is 0 Å². The zero-order valence-corrected chi connectivity index (χ0v) is 12.1. The third kappa shape index (κ3) is 6.47. The number of urea groups is 1. The van der Waals surface area contributed by atoms with E-state index in [1.165, 1.54) is 0 Å². The van der Waals surface area contributed by atoms with Gasteiger partial charge < -0.3 is 15.3 Å². The second kappa shape index (κ2) is 7.24. The van der Waals surface area contributed by atoms with Crippen molar-refractivity contribution in [1.29, 1.82) is 0 Å². The van der Waals surface area contributed by atoms with Crippen LogP contribution < -0.4 is 5.32 Å². The van der Waals surface area contributed by atoms with E-state index < -0.39 is 5.97 Å². The van der Waals surface area contributed by atoms with Gasteiger partial charge in [-0.25, -0.2) is 4.79 Å². The molecule has 0 rings (SSSR count). The fourth-order valence-electron chi connectivity index (χ4n) is 1.74. The quantitative estimate of drug-likeness (QED) is 0.769. The Hall–Kier alpha value is -1.26. The van der Waals surface area contributed by atoms with Crippen molar-refractivity contribution in [2.24, 2.45) is 0 Å². The number of nitrogens with zero attached hydrogens (tertiary/aromatic N) is 1. The third-order valence-corrected chi connectivity index (χ3v) is 2.70. The molecule has 0 saturated heterocycles. The number of carbonyl (C=O) groups excluding carboxylic acids is 1. The SMILES string of the molecule is CCCC(C)NC(=O)N(CCC(=O)O)C(C)(C)C. The van der Waals surface area contributed by atoms with Gasteiger partial charge in [0, 0.05) is 18.1 Å². The topological polar surface area (TPSA) is 69.6 Å². The van der Waals surface area contributed by atoms with Crippen LogP contribution in [-0.2, 0) is 4.79 Å².